The molecule has 0 aromatic carbocycles. The van der Waals surface area contributed by atoms with Crippen LogP contribution in [-0.2, 0) is 9.47 Å². The molecule has 2 aliphatic heterocycles. The first-order valence-electron chi connectivity index (χ1n) is 10.8. The van der Waals surface area contributed by atoms with Gasteiger partial charge in [0.15, 0.2) is 5.96 Å². The maximum absolute atomic E-state index is 12.4. The summed E-state index contributed by atoms with van der Waals surface area (Å²) < 4.78 is 11.2. The van der Waals surface area contributed by atoms with E-state index >= 15 is 0 Å². The monoisotopic (exact) mass is 396 g/mol. The van der Waals surface area contributed by atoms with Crippen LogP contribution in [0.5, 0.6) is 0 Å². The van der Waals surface area contributed by atoms with Crippen LogP contribution in [0.2, 0.25) is 0 Å². The Kier molecular flexibility index (Phi) is 7.98. The number of nitrogens with zero attached hydrogens (tertiary/aromatic N) is 3. The number of ether oxygens (including phenoxy) is 2. The van der Waals surface area contributed by atoms with Crippen molar-refractivity contribution in [1.29, 1.82) is 0 Å². The van der Waals surface area contributed by atoms with Gasteiger partial charge in [-0.3, -0.25) is 4.99 Å². The van der Waals surface area contributed by atoms with Gasteiger partial charge in [0.25, 0.3) is 0 Å². The molecule has 28 heavy (non-hydrogen) atoms. The Bertz CT molecular complexity index is 536. The van der Waals surface area contributed by atoms with Crippen molar-refractivity contribution < 1.29 is 14.3 Å². The molecule has 0 aromatic rings. The molecule has 2 saturated heterocycles. The topological polar surface area (TPSA) is 66.4 Å². The van der Waals surface area contributed by atoms with Crippen LogP contribution in [0.4, 0.5) is 4.79 Å². The number of carbonyl (C=O) groups is 1. The average Bonchev–Trinajstić information content (AvgIpc) is 3.22. The molecule has 0 aliphatic carbocycles. The molecule has 2 aliphatic rings. The van der Waals surface area contributed by atoms with Gasteiger partial charge in [-0.05, 0) is 60.8 Å². The molecule has 1 amide bonds. The number of aliphatic imine (C=N–C) groups is 1. The van der Waals surface area contributed by atoms with Gasteiger partial charge in [0, 0.05) is 50.8 Å². The third kappa shape index (κ3) is 6.54. The molecule has 162 valence electrons. The minimum atomic E-state index is -0.476. The Morgan fingerprint density at radius 2 is 2.11 bits per heavy atom. The third-order valence-electron chi connectivity index (χ3n) is 5.33. The molecular weight excluding hydrogens is 356 g/mol. The summed E-state index contributed by atoms with van der Waals surface area (Å²) in [6, 6.07) is 0.105. The molecule has 2 fully saturated rings. The lowest BCUT2D eigenvalue weighted by molar-refractivity contribution is 0.0190. The van der Waals surface area contributed by atoms with Crippen LogP contribution in [-0.4, -0.2) is 79.4 Å². The first kappa shape index (κ1) is 22.8. The van der Waals surface area contributed by atoms with Crippen molar-refractivity contribution in [3.05, 3.63) is 0 Å². The lowest BCUT2D eigenvalue weighted by atomic mass is 9.87. The zero-order valence-corrected chi connectivity index (χ0v) is 18.7. The van der Waals surface area contributed by atoms with E-state index in [-0.39, 0.29) is 12.1 Å². The van der Waals surface area contributed by atoms with Crippen molar-refractivity contribution in [2.75, 3.05) is 45.9 Å². The molecule has 0 aromatic heterocycles. The number of rotatable bonds is 6. The molecule has 0 radical (unpaired) electrons. The lowest BCUT2D eigenvalue weighted by Crippen LogP contribution is -2.42. The molecule has 7 nitrogen and oxygen atoms in total. The van der Waals surface area contributed by atoms with E-state index in [9.17, 15) is 4.79 Å². The fourth-order valence-corrected chi connectivity index (χ4v) is 3.82. The number of carbonyl (C=O) groups excluding carboxylic acids is 1. The Balaban J connectivity index is 1.87. The van der Waals surface area contributed by atoms with E-state index in [1.165, 1.54) is 6.42 Å². The summed E-state index contributed by atoms with van der Waals surface area (Å²) in [6.45, 7) is 17.8. The summed E-state index contributed by atoms with van der Waals surface area (Å²) >= 11 is 0. The number of amides is 1. The summed E-state index contributed by atoms with van der Waals surface area (Å²) in [5.41, 5.74) is -0.155. The number of likely N-dealkylation sites (tertiary alicyclic amines) is 1. The molecular formula is C21H40N4O3. The second-order valence-electron chi connectivity index (χ2n) is 9.33. The Labute approximate surface area is 170 Å². The van der Waals surface area contributed by atoms with E-state index < -0.39 is 5.60 Å². The molecule has 1 N–H and O–H groups in total. The van der Waals surface area contributed by atoms with Crippen molar-refractivity contribution >= 4 is 12.1 Å². The van der Waals surface area contributed by atoms with Crippen molar-refractivity contribution in [3.63, 3.8) is 0 Å². The third-order valence-corrected chi connectivity index (χ3v) is 5.33. The van der Waals surface area contributed by atoms with Gasteiger partial charge in [-0.15, -0.1) is 0 Å². The maximum Gasteiger partial charge on any atom is 0.410 e. The van der Waals surface area contributed by atoms with E-state index in [1.54, 1.807) is 4.90 Å². The van der Waals surface area contributed by atoms with E-state index in [4.69, 9.17) is 14.5 Å². The van der Waals surface area contributed by atoms with E-state index in [0.717, 1.165) is 51.6 Å². The molecule has 2 heterocycles. The quantitative estimate of drug-likeness (QED) is 0.425. The van der Waals surface area contributed by atoms with Gasteiger partial charge in [-0.2, -0.15) is 0 Å². The second kappa shape index (κ2) is 9.81. The molecule has 2 rings (SSSR count). The van der Waals surface area contributed by atoms with Gasteiger partial charge >= 0.3 is 6.09 Å². The van der Waals surface area contributed by atoms with Crippen LogP contribution in [0.25, 0.3) is 0 Å². The Hall–Kier alpha value is -1.50. The van der Waals surface area contributed by atoms with Crippen LogP contribution in [0.1, 0.15) is 60.8 Å². The van der Waals surface area contributed by atoms with E-state index in [2.05, 4.69) is 17.1 Å². The minimum Gasteiger partial charge on any atom is -0.444 e. The van der Waals surface area contributed by atoms with Gasteiger partial charge in [-0.25, -0.2) is 4.79 Å². The largest absolute Gasteiger partial charge is 0.444 e. The first-order chi connectivity index (χ1) is 13.2. The lowest BCUT2D eigenvalue weighted by Gasteiger charge is -2.30. The summed E-state index contributed by atoms with van der Waals surface area (Å²) in [4.78, 5) is 21.4. The van der Waals surface area contributed by atoms with Crippen molar-refractivity contribution in [1.82, 2.24) is 15.1 Å². The summed E-state index contributed by atoms with van der Waals surface area (Å²) in [6.07, 6.45) is 2.90. The van der Waals surface area contributed by atoms with Crippen LogP contribution in [0.3, 0.4) is 0 Å². The van der Waals surface area contributed by atoms with E-state index in [1.807, 2.05) is 34.6 Å². The van der Waals surface area contributed by atoms with E-state index in [0.29, 0.717) is 18.5 Å². The van der Waals surface area contributed by atoms with Gasteiger partial charge in [0.1, 0.15) is 5.60 Å². The summed E-state index contributed by atoms with van der Waals surface area (Å²) in [5.74, 6) is 0.986. The highest BCUT2D eigenvalue weighted by molar-refractivity contribution is 5.80. The maximum atomic E-state index is 12.4. The highest BCUT2D eigenvalue weighted by Crippen LogP contribution is 2.38. The molecule has 0 bridgehead atoms. The normalized spacial score (nSPS) is 23.0. The smallest absolute Gasteiger partial charge is 0.410 e. The van der Waals surface area contributed by atoms with Crippen LogP contribution in [0.15, 0.2) is 4.99 Å². The SMILES string of the molecule is CCNC(=NCCCN(C(=O)OC(C)(C)C)C(C)C)N1CCC2(CCOC2)C1. The number of nitrogens with one attached hydrogen (secondary N) is 1. The van der Waals surface area contributed by atoms with Crippen molar-refractivity contribution in [2.24, 2.45) is 10.4 Å². The van der Waals surface area contributed by atoms with Gasteiger partial charge in [0.05, 0.1) is 6.61 Å². The standard InChI is InChI=1S/C21H40N4O3/c1-7-22-18(24-13-9-21(15-24)10-14-27-16-21)23-11-8-12-25(17(2)3)19(26)28-20(4,5)6/h17H,7-16H2,1-6H3,(H,22,23). The summed E-state index contributed by atoms with van der Waals surface area (Å²) in [5, 5.41) is 3.43. The molecule has 1 atom stereocenters. The van der Waals surface area contributed by atoms with Crippen LogP contribution in [0, 0.1) is 5.41 Å². The minimum absolute atomic E-state index is 0.105. The zero-order valence-electron chi connectivity index (χ0n) is 18.7. The van der Waals surface area contributed by atoms with Crippen molar-refractivity contribution in [2.45, 2.75) is 72.4 Å². The fourth-order valence-electron chi connectivity index (χ4n) is 3.82. The predicted molar refractivity (Wildman–Crippen MR) is 113 cm³/mol. The van der Waals surface area contributed by atoms with Gasteiger partial charge in [-0.1, -0.05) is 0 Å². The van der Waals surface area contributed by atoms with Gasteiger partial charge < -0.3 is 24.6 Å². The number of hydrogen-bond donors (Lipinski definition) is 1. The van der Waals surface area contributed by atoms with Crippen molar-refractivity contribution in [3.8, 4) is 0 Å². The highest BCUT2D eigenvalue weighted by Gasteiger charge is 2.42. The van der Waals surface area contributed by atoms with Gasteiger partial charge in [0.2, 0.25) is 0 Å². The number of guanidine groups is 1. The Morgan fingerprint density at radius 3 is 2.68 bits per heavy atom. The fraction of sp³-hybridized carbons (Fsp3) is 0.905. The molecule has 1 spiro atoms. The van der Waals surface area contributed by atoms with Crippen LogP contribution >= 0.6 is 0 Å². The average molecular weight is 397 g/mol. The molecule has 0 saturated carbocycles. The Morgan fingerprint density at radius 1 is 1.36 bits per heavy atom. The predicted octanol–water partition coefficient (Wildman–Crippen LogP) is 3.10. The van der Waals surface area contributed by atoms with Crippen LogP contribution < -0.4 is 5.32 Å². The summed E-state index contributed by atoms with van der Waals surface area (Å²) in [7, 11) is 0. The zero-order chi connectivity index (χ0) is 20.8. The highest BCUT2D eigenvalue weighted by atomic mass is 16.6. The molecule has 7 heteroatoms. The second-order valence-corrected chi connectivity index (χ2v) is 9.33. The number of hydrogen-bond acceptors (Lipinski definition) is 4. The first-order valence-corrected chi connectivity index (χ1v) is 10.8. The molecule has 1 unspecified atom stereocenters.